The highest BCUT2D eigenvalue weighted by atomic mass is 35.5. The minimum atomic E-state index is -3.84. The van der Waals surface area contributed by atoms with Gasteiger partial charge in [-0.25, -0.2) is 18.1 Å². The lowest BCUT2D eigenvalue weighted by molar-refractivity contribution is -0.120. The first kappa shape index (κ1) is 14.8. The van der Waals surface area contributed by atoms with Crippen molar-refractivity contribution in [2.45, 2.75) is 11.4 Å². The Hall–Kier alpha value is -1.64. The van der Waals surface area contributed by atoms with E-state index in [1.54, 1.807) is 24.4 Å². The summed E-state index contributed by atoms with van der Waals surface area (Å²) < 4.78 is 28.1. The summed E-state index contributed by atoms with van der Waals surface area (Å²) in [6, 6.07) is 5.05. The Kier molecular flexibility index (Phi) is 4.26. The van der Waals surface area contributed by atoms with Crippen molar-refractivity contribution in [3.8, 4) is 0 Å². The number of amides is 1. The molecule has 2 aromatic heterocycles. The molecule has 1 amide bonds. The summed E-state index contributed by atoms with van der Waals surface area (Å²) in [6.45, 7) is -0.0155. The summed E-state index contributed by atoms with van der Waals surface area (Å²) in [6.07, 6.45) is 1.60. The smallest absolute Gasteiger partial charge is 0.259 e. The van der Waals surface area contributed by atoms with Crippen molar-refractivity contribution in [1.29, 1.82) is 0 Å². The highest BCUT2D eigenvalue weighted by Crippen LogP contribution is 2.22. The number of fused-ring (bicyclic) bond motifs is 1. The predicted molar refractivity (Wildman–Crippen MR) is 74.1 cm³/mol. The third kappa shape index (κ3) is 2.92. The van der Waals surface area contributed by atoms with Gasteiger partial charge in [-0.15, -0.1) is 0 Å². The molecule has 0 saturated carbocycles. The molecule has 0 aliphatic heterocycles. The molecule has 2 aromatic rings. The van der Waals surface area contributed by atoms with Gasteiger partial charge in [0.1, 0.15) is 5.65 Å². The molecular weight excluding hydrogens is 304 g/mol. The van der Waals surface area contributed by atoms with Gasteiger partial charge in [-0.2, -0.15) is 0 Å². The van der Waals surface area contributed by atoms with E-state index < -0.39 is 10.0 Å². The van der Waals surface area contributed by atoms with E-state index in [1.807, 2.05) is 0 Å². The van der Waals surface area contributed by atoms with Crippen LogP contribution in [0.5, 0.6) is 0 Å². The van der Waals surface area contributed by atoms with Crippen LogP contribution < -0.4 is 10.0 Å². The van der Waals surface area contributed by atoms with E-state index in [1.165, 1.54) is 11.4 Å². The molecule has 20 heavy (non-hydrogen) atoms. The van der Waals surface area contributed by atoms with Crippen LogP contribution in [0.1, 0.15) is 6.42 Å². The SMILES string of the molecule is CNC(=O)CCNS(=O)(=O)c1c(Cl)nc2ccccn12. The molecule has 0 atom stereocenters. The van der Waals surface area contributed by atoms with Gasteiger partial charge >= 0.3 is 0 Å². The molecule has 0 aliphatic carbocycles. The predicted octanol–water partition coefficient (Wildman–Crippen LogP) is 0.402. The minimum absolute atomic E-state index is 0.0155. The van der Waals surface area contributed by atoms with Gasteiger partial charge in [0.15, 0.2) is 10.2 Å². The highest BCUT2D eigenvalue weighted by Gasteiger charge is 2.23. The molecule has 0 fully saturated rings. The molecule has 0 spiro atoms. The molecule has 9 heteroatoms. The topological polar surface area (TPSA) is 92.6 Å². The first-order valence-corrected chi connectivity index (χ1v) is 7.64. The molecule has 0 saturated heterocycles. The lowest BCUT2D eigenvalue weighted by Crippen LogP contribution is -2.30. The van der Waals surface area contributed by atoms with E-state index >= 15 is 0 Å². The maximum absolute atomic E-state index is 12.2. The summed E-state index contributed by atoms with van der Waals surface area (Å²) in [5.74, 6) is -0.253. The van der Waals surface area contributed by atoms with Gasteiger partial charge in [0.2, 0.25) is 5.91 Å². The second-order valence-electron chi connectivity index (χ2n) is 3.96. The lowest BCUT2D eigenvalue weighted by atomic mass is 10.4. The number of hydrogen-bond donors (Lipinski definition) is 2. The number of sulfonamides is 1. The fraction of sp³-hybridized carbons (Fsp3) is 0.273. The maximum Gasteiger partial charge on any atom is 0.259 e. The monoisotopic (exact) mass is 316 g/mol. The fourth-order valence-corrected chi connectivity index (χ4v) is 3.35. The van der Waals surface area contributed by atoms with Crippen LogP contribution in [-0.4, -0.2) is 37.3 Å². The Labute approximate surface area is 121 Å². The standard InChI is InChI=1S/C11H13ClN4O3S/c1-13-9(17)5-6-14-20(18,19)11-10(12)15-8-4-2-3-7-16(8)11/h2-4,7,14H,5-6H2,1H3,(H,13,17). The Balaban J connectivity index is 2.28. The maximum atomic E-state index is 12.2. The quantitative estimate of drug-likeness (QED) is 0.835. The number of rotatable bonds is 5. The number of carbonyl (C=O) groups is 1. The molecule has 0 aliphatic rings. The molecule has 0 unspecified atom stereocenters. The van der Waals surface area contributed by atoms with E-state index in [9.17, 15) is 13.2 Å². The molecule has 0 radical (unpaired) electrons. The molecule has 108 valence electrons. The minimum Gasteiger partial charge on any atom is -0.359 e. The normalized spacial score (nSPS) is 11.7. The first-order chi connectivity index (χ1) is 9.45. The summed E-state index contributed by atoms with van der Waals surface area (Å²) in [7, 11) is -2.36. The van der Waals surface area contributed by atoms with Crippen molar-refractivity contribution in [2.75, 3.05) is 13.6 Å². The van der Waals surface area contributed by atoms with Crippen LogP contribution in [0.4, 0.5) is 0 Å². The number of aromatic nitrogens is 2. The third-order valence-corrected chi connectivity index (χ3v) is 4.48. The molecule has 2 heterocycles. The summed E-state index contributed by atoms with van der Waals surface area (Å²) in [4.78, 5) is 15.0. The van der Waals surface area contributed by atoms with E-state index in [0.29, 0.717) is 5.65 Å². The second kappa shape index (κ2) is 5.78. The molecular formula is C11H13ClN4O3S. The van der Waals surface area contributed by atoms with Crippen molar-refractivity contribution in [3.63, 3.8) is 0 Å². The fourth-order valence-electron chi connectivity index (χ4n) is 1.68. The Bertz CT molecular complexity index is 741. The van der Waals surface area contributed by atoms with Gasteiger partial charge in [-0.3, -0.25) is 9.20 Å². The van der Waals surface area contributed by atoms with Crippen LogP contribution in [0.15, 0.2) is 29.4 Å². The summed E-state index contributed by atoms with van der Waals surface area (Å²) in [5, 5.41) is 2.17. The van der Waals surface area contributed by atoms with Crippen LogP contribution in [-0.2, 0) is 14.8 Å². The number of carbonyl (C=O) groups excluding carboxylic acids is 1. The van der Waals surface area contributed by atoms with Crippen molar-refractivity contribution < 1.29 is 13.2 Å². The largest absolute Gasteiger partial charge is 0.359 e. The van der Waals surface area contributed by atoms with Crippen molar-refractivity contribution >= 4 is 33.2 Å². The van der Waals surface area contributed by atoms with Crippen molar-refractivity contribution in [2.24, 2.45) is 0 Å². The van der Waals surface area contributed by atoms with Crippen molar-refractivity contribution in [1.82, 2.24) is 19.4 Å². The number of halogens is 1. The average molecular weight is 317 g/mol. The zero-order valence-corrected chi connectivity index (χ0v) is 12.2. The van der Waals surface area contributed by atoms with Crippen LogP contribution in [0.3, 0.4) is 0 Å². The Morgan fingerprint density at radius 3 is 2.90 bits per heavy atom. The van der Waals surface area contributed by atoms with Gasteiger partial charge in [0.25, 0.3) is 10.0 Å². The van der Waals surface area contributed by atoms with Crippen molar-refractivity contribution in [3.05, 3.63) is 29.5 Å². The third-order valence-electron chi connectivity index (χ3n) is 2.62. The van der Waals surface area contributed by atoms with Crippen LogP contribution in [0.2, 0.25) is 5.15 Å². The van der Waals surface area contributed by atoms with Gasteiger partial charge in [-0.1, -0.05) is 17.7 Å². The number of nitrogens with zero attached hydrogens (tertiary/aromatic N) is 2. The summed E-state index contributed by atoms with van der Waals surface area (Å²) in [5.41, 5.74) is 0.434. The molecule has 0 aromatic carbocycles. The van der Waals surface area contributed by atoms with Crippen LogP contribution >= 0.6 is 11.6 Å². The van der Waals surface area contributed by atoms with Crippen LogP contribution in [0, 0.1) is 0 Å². The number of hydrogen-bond acceptors (Lipinski definition) is 4. The second-order valence-corrected chi connectivity index (χ2v) is 6.00. The molecule has 2 N–H and O–H groups in total. The van der Waals surface area contributed by atoms with Gasteiger partial charge in [-0.05, 0) is 12.1 Å². The summed E-state index contributed by atoms with van der Waals surface area (Å²) >= 11 is 5.89. The molecule has 7 nitrogen and oxygen atoms in total. The number of pyridine rings is 1. The molecule has 2 rings (SSSR count). The Morgan fingerprint density at radius 2 is 2.20 bits per heavy atom. The van der Waals surface area contributed by atoms with Crippen LogP contribution in [0.25, 0.3) is 5.65 Å². The highest BCUT2D eigenvalue weighted by molar-refractivity contribution is 7.89. The Morgan fingerprint density at radius 1 is 1.45 bits per heavy atom. The number of nitrogens with one attached hydrogen (secondary N) is 2. The zero-order chi connectivity index (χ0) is 14.8. The zero-order valence-electron chi connectivity index (χ0n) is 10.6. The van der Waals surface area contributed by atoms with Gasteiger partial charge < -0.3 is 5.32 Å². The van der Waals surface area contributed by atoms with E-state index in [2.05, 4.69) is 15.0 Å². The van der Waals surface area contributed by atoms with E-state index in [0.717, 1.165) is 0 Å². The lowest BCUT2D eigenvalue weighted by Gasteiger charge is -2.06. The van der Waals surface area contributed by atoms with E-state index in [4.69, 9.17) is 11.6 Å². The first-order valence-electron chi connectivity index (χ1n) is 5.78. The van der Waals surface area contributed by atoms with Gasteiger partial charge in [0.05, 0.1) is 0 Å². The van der Waals surface area contributed by atoms with E-state index in [-0.39, 0.29) is 29.1 Å². The van der Waals surface area contributed by atoms with Gasteiger partial charge in [0, 0.05) is 26.2 Å². The average Bonchev–Trinajstić information content (AvgIpc) is 2.74. The number of imidazole rings is 1. The molecule has 0 bridgehead atoms.